The molecule has 2 aromatic rings. The number of hydrogen-bond donors (Lipinski definition) is 1. The van der Waals surface area contributed by atoms with Gasteiger partial charge in [0.05, 0.1) is 9.88 Å². The van der Waals surface area contributed by atoms with Crippen LogP contribution in [0.4, 0.5) is 4.39 Å². The van der Waals surface area contributed by atoms with Gasteiger partial charge in [0, 0.05) is 18.3 Å². The number of thiazole rings is 1. The Morgan fingerprint density at radius 1 is 1.38 bits per heavy atom. The largest absolute Gasteiger partial charge is 0.488 e. The van der Waals surface area contributed by atoms with Crippen LogP contribution in [0.5, 0.6) is 5.75 Å². The number of ether oxygens (including phenoxy) is 1. The van der Waals surface area contributed by atoms with Gasteiger partial charge in [-0.3, -0.25) is 0 Å². The molecule has 114 valence electrons. The molecular formula is C16H21FN2OS. The van der Waals surface area contributed by atoms with E-state index in [0.29, 0.717) is 19.1 Å². The molecule has 0 spiro atoms. The second-order valence-electron chi connectivity index (χ2n) is 5.41. The Labute approximate surface area is 129 Å². The number of nitrogens with zero attached hydrogens (tertiary/aromatic N) is 1. The van der Waals surface area contributed by atoms with Crippen LogP contribution in [0.3, 0.4) is 0 Å². The number of rotatable bonds is 7. The van der Waals surface area contributed by atoms with Crippen LogP contribution in [0.15, 0.2) is 24.4 Å². The van der Waals surface area contributed by atoms with Crippen LogP contribution in [0, 0.1) is 18.7 Å². The molecular weight excluding hydrogens is 287 g/mol. The quantitative estimate of drug-likeness (QED) is 0.842. The highest BCUT2D eigenvalue weighted by molar-refractivity contribution is 7.11. The number of hydrogen-bond acceptors (Lipinski definition) is 4. The molecule has 0 unspecified atom stereocenters. The summed E-state index contributed by atoms with van der Waals surface area (Å²) in [5.74, 6) is 1.04. The second kappa shape index (κ2) is 7.52. The van der Waals surface area contributed by atoms with Crippen LogP contribution in [0.25, 0.3) is 0 Å². The fourth-order valence-electron chi connectivity index (χ4n) is 1.94. The first kappa shape index (κ1) is 15.9. The first-order valence-corrected chi connectivity index (χ1v) is 7.89. The maximum Gasteiger partial charge on any atom is 0.124 e. The Hall–Kier alpha value is -1.46. The molecule has 0 bridgehead atoms. The molecule has 0 fully saturated rings. The van der Waals surface area contributed by atoms with E-state index in [0.717, 1.165) is 27.7 Å². The van der Waals surface area contributed by atoms with E-state index in [1.807, 2.05) is 13.1 Å². The normalized spacial score (nSPS) is 11.1. The highest BCUT2D eigenvalue weighted by Crippen LogP contribution is 2.22. The van der Waals surface area contributed by atoms with Crippen LogP contribution < -0.4 is 10.1 Å². The van der Waals surface area contributed by atoms with E-state index in [4.69, 9.17) is 4.74 Å². The average Bonchev–Trinajstić information content (AvgIpc) is 2.83. The predicted molar refractivity (Wildman–Crippen MR) is 84.1 cm³/mol. The van der Waals surface area contributed by atoms with Gasteiger partial charge in [-0.1, -0.05) is 13.8 Å². The van der Waals surface area contributed by atoms with Crippen molar-refractivity contribution < 1.29 is 9.13 Å². The monoisotopic (exact) mass is 308 g/mol. The summed E-state index contributed by atoms with van der Waals surface area (Å²) in [6, 6.07) is 4.65. The maximum absolute atomic E-state index is 13.4. The molecule has 0 aliphatic carbocycles. The van der Waals surface area contributed by atoms with Crippen LogP contribution in [0.2, 0.25) is 0 Å². The van der Waals surface area contributed by atoms with Gasteiger partial charge in [-0.2, -0.15) is 0 Å². The third-order valence-electron chi connectivity index (χ3n) is 2.93. The topological polar surface area (TPSA) is 34.1 Å². The lowest BCUT2D eigenvalue weighted by Crippen LogP contribution is -2.19. The van der Waals surface area contributed by atoms with Gasteiger partial charge < -0.3 is 10.1 Å². The zero-order valence-electron chi connectivity index (χ0n) is 12.6. The molecule has 3 nitrogen and oxygen atoms in total. The number of aromatic nitrogens is 1. The highest BCUT2D eigenvalue weighted by Gasteiger charge is 2.07. The minimum atomic E-state index is -0.239. The molecule has 0 saturated carbocycles. The molecule has 21 heavy (non-hydrogen) atoms. The Balaban J connectivity index is 2.00. The molecule has 0 atom stereocenters. The Kier molecular flexibility index (Phi) is 5.70. The Morgan fingerprint density at radius 3 is 2.86 bits per heavy atom. The molecule has 1 N–H and O–H groups in total. The number of nitrogens with one attached hydrogen (secondary N) is 1. The summed E-state index contributed by atoms with van der Waals surface area (Å²) in [6.07, 6.45) is 1.82. The van der Waals surface area contributed by atoms with Crippen molar-refractivity contribution >= 4 is 11.3 Å². The van der Waals surface area contributed by atoms with Crippen molar-refractivity contribution in [1.82, 2.24) is 10.3 Å². The van der Waals surface area contributed by atoms with Crippen molar-refractivity contribution in [3.8, 4) is 5.75 Å². The molecule has 1 heterocycles. The Bertz CT molecular complexity index is 583. The SMILES string of the molecule is Cc1ncc(COc2ccc(F)cc2CNCC(C)C)s1. The van der Waals surface area contributed by atoms with Crippen LogP contribution in [-0.4, -0.2) is 11.5 Å². The molecule has 2 rings (SSSR count). The van der Waals surface area contributed by atoms with E-state index >= 15 is 0 Å². The van der Waals surface area contributed by atoms with Gasteiger partial charge in [-0.15, -0.1) is 11.3 Å². The second-order valence-corrected chi connectivity index (χ2v) is 6.73. The van der Waals surface area contributed by atoms with E-state index in [1.54, 1.807) is 17.4 Å². The van der Waals surface area contributed by atoms with Crippen LogP contribution in [-0.2, 0) is 13.2 Å². The minimum Gasteiger partial charge on any atom is -0.488 e. The first-order valence-electron chi connectivity index (χ1n) is 7.08. The molecule has 0 saturated heterocycles. The zero-order chi connectivity index (χ0) is 15.2. The first-order chi connectivity index (χ1) is 10.0. The number of halogens is 1. The van der Waals surface area contributed by atoms with Crippen molar-refractivity contribution in [3.63, 3.8) is 0 Å². The summed E-state index contributed by atoms with van der Waals surface area (Å²) in [4.78, 5) is 5.27. The summed E-state index contributed by atoms with van der Waals surface area (Å²) in [5, 5.41) is 4.33. The Morgan fingerprint density at radius 2 is 2.19 bits per heavy atom. The number of aryl methyl sites for hydroxylation is 1. The summed E-state index contributed by atoms with van der Waals surface area (Å²) in [7, 11) is 0. The molecule has 1 aromatic heterocycles. The summed E-state index contributed by atoms with van der Waals surface area (Å²) in [6.45, 7) is 8.21. The van der Waals surface area contributed by atoms with Gasteiger partial charge in [-0.05, 0) is 37.6 Å². The lowest BCUT2D eigenvalue weighted by molar-refractivity contribution is 0.304. The average molecular weight is 308 g/mol. The van der Waals surface area contributed by atoms with Crippen molar-refractivity contribution in [2.45, 2.75) is 33.9 Å². The molecule has 5 heteroatoms. The van der Waals surface area contributed by atoms with Crippen molar-refractivity contribution in [2.75, 3.05) is 6.54 Å². The molecule has 0 aliphatic heterocycles. The molecule has 0 aliphatic rings. The molecule has 1 aromatic carbocycles. The smallest absolute Gasteiger partial charge is 0.124 e. The van der Waals surface area contributed by atoms with Gasteiger partial charge in [0.25, 0.3) is 0 Å². The fourth-order valence-corrected chi connectivity index (χ4v) is 2.65. The van der Waals surface area contributed by atoms with Gasteiger partial charge in [0.1, 0.15) is 18.2 Å². The maximum atomic E-state index is 13.4. The highest BCUT2D eigenvalue weighted by atomic mass is 32.1. The summed E-state index contributed by atoms with van der Waals surface area (Å²) >= 11 is 1.61. The third-order valence-corrected chi connectivity index (χ3v) is 3.82. The fraction of sp³-hybridized carbons (Fsp3) is 0.438. The van der Waals surface area contributed by atoms with Crippen LogP contribution in [0.1, 0.15) is 29.3 Å². The van der Waals surface area contributed by atoms with Crippen molar-refractivity contribution in [2.24, 2.45) is 5.92 Å². The predicted octanol–water partition coefficient (Wildman–Crippen LogP) is 3.92. The lowest BCUT2D eigenvalue weighted by atomic mass is 10.1. The van der Waals surface area contributed by atoms with Gasteiger partial charge in [0.2, 0.25) is 0 Å². The standard InChI is InChI=1S/C16H21FN2OS/c1-11(2)7-18-8-13-6-14(17)4-5-16(13)20-10-15-9-19-12(3)21-15/h4-6,9,11,18H,7-8,10H2,1-3H3. The van der Waals surface area contributed by atoms with Gasteiger partial charge >= 0.3 is 0 Å². The van der Waals surface area contributed by atoms with E-state index < -0.39 is 0 Å². The van der Waals surface area contributed by atoms with Gasteiger partial charge in [-0.25, -0.2) is 9.37 Å². The van der Waals surface area contributed by atoms with E-state index in [1.165, 1.54) is 12.1 Å². The van der Waals surface area contributed by atoms with E-state index in [-0.39, 0.29) is 5.82 Å². The third kappa shape index (κ3) is 5.10. The minimum absolute atomic E-state index is 0.239. The number of benzene rings is 1. The zero-order valence-corrected chi connectivity index (χ0v) is 13.5. The lowest BCUT2D eigenvalue weighted by Gasteiger charge is -2.13. The summed E-state index contributed by atoms with van der Waals surface area (Å²) < 4.78 is 19.2. The summed E-state index contributed by atoms with van der Waals surface area (Å²) in [5.41, 5.74) is 0.844. The molecule has 0 radical (unpaired) electrons. The molecule has 0 amide bonds. The van der Waals surface area contributed by atoms with Gasteiger partial charge in [0.15, 0.2) is 0 Å². The van der Waals surface area contributed by atoms with Crippen molar-refractivity contribution in [1.29, 1.82) is 0 Å². The van der Waals surface area contributed by atoms with Crippen molar-refractivity contribution in [3.05, 3.63) is 45.7 Å². The van der Waals surface area contributed by atoms with E-state index in [2.05, 4.69) is 24.1 Å². The van der Waals surface area contributed by atoms with Crippen LogP contribution >= 0.6 is 11.3 Å². The van der Waals surface area contributed by atoms with E-state index in [9.17, 15) is 4.39 Å².